The summed E-state index contributed by atoms with van der Waals surface area (Å²) in [7, 11) is 0. The Morgan fingerprint density at radius 2 is 2.14 bits per heavy atom. The lowest BCUT2D eigenvalue weighted by atomic mass is 9.98. The van der Waals surface area contributed by atoms with Crippen molar-refractivity contribution in [1.82, 2.24) is 15.2 Å². The number of aromatic nitrogens is 1. The summed E-state index contributed by atoms with van der Waals surface area (Å²) < 4.78 is 0. The van der Waals surface area contributed by atoms with Crippen LogP contribution in [0.25, 0.3) is 0 Å². The molecule has 21 heavy (non-hydrogen) atoms. The Hall–Kier alpha value is -1.42. The largest absolute Gasteiger partial charge is 0.342 e. The Kier molecular flexibility index (Phi) is 4.54. The molecule has 4 nitrogen and oxygen atoms in total. The summed E-state index contributed by atoms with van der Waals surface area (Å²) in [6.07, 6.45) is 8.50. The average molecular weight is 287 g/mol. The molecule has 0 spiro atoms. The van der Waals surface area contributed by atoms with Gasteiger partial charge in [0, 0.05) is 31.5 Å². The van der Waals surface area contributed by atoms with E-state index in [1.807, 2.05) is 24.0 Å². The molecule has 2 fully saturated rings. The van der Waals surface area contributed by atoms with Crippen molar-refractivity contribution in [2.75, 3.05) is 19.6 Å². The highest BCUT2D eigenvalue weighted by Crippen LogP contribution is 2.28. The van der Waals surface area contributed by atoms with E-state index in [4.69, 9.17) is 0 Å². The molecule has 1 atom stereocenters. The van der Waals surface area contributed by atoms with Gasteiger partial charge in [-0.2, -0.15) is 0 Å². The molecule has 1 aliphatic carbocycles. The predicted molar refractivity (Wildman–Crippen MR) is 83.0 cm³/mol. The molecule has 4 heteroatoms. The molecular weight excluding hydrogens is 262 g/mol. The molecule has 2 aliphatic rings. The van der Waals surface area contributed by atoms with Gasteiger partial charge in [0.2, 0.25) is 5.91 Å². The standard InChI is InChI=1S/C17H25N3O/c1-13(15-3-2-8-18-12-15)17(21)20-9-6-16(7-10-20)19-11-14-4-5-14/h2-3,8,12-14,16,19H,4-7,9-11H2,1H3. The third kappa shape index (κ3) is 3.82. The van der Waals surface area contributed by atoms with E-state index < -0.39 is 0 Å². The number of nitrogens with zero attached hydrogens (tertiary/aromatic N) is 2. The van der Waals surface area contributed by atoms with E-state index in [2.05, 4.69) is 10.3 Å². The van der Waals surface area contributed by atoms with Crippen LogP contribution in [0.4, 0.5) is 0 Å². The molecule has 1 saturated carbocycles. The molecule has 0 bridgehead atoms. The quantitative estimate of drug-likeness (QED) is 0.903. The van der Waals surface area contributed by atoms with E-state index >= 15 is 0 Å². The lowest BCUT2D eigenvalue weighted by molar-refractivity contribution is -0.133. The predicted octanol–water partition coefficient (Wildman–Crippen LogP) is 2.18. The van der Waals surface area contributed by atoms with Gasteiger partial charge in [-0.05, 0) is 56.7 Å². The van der Waals surface area contributed by atoms with E-state index in [1.54, 1.807) is 12.4 Å². The number of nitrogens with one attached hydrogen (secondary N) is 1. The summed E-state index contributed by atoms with van der Waals surface area (Å²) in [6.45, 7) is 4.92. The lowest BCUT2D eigenvalue weighted by Gasteiger charge is -2.34. The fourth-order valence-corrected chi connectivity index (χ4v) is 3.01. The van der Waals surface area contributed by atoms with E-state index in [0.29, 0.717) is 6.04 Å². The molecule has 1 saturated heterocycles. The van der Waals surface area contributed by atoms with E-state index in [9.17, 15) is 4.79 Å². The molecule has 3 rings (SSSR count). The molecule has 1 N–H and O–H groups in total. The van der Waals surface area contributed by atoms with E-state index in [1.165, 1.54) is 19.4 Å². The Bertz CT molecular complexity index is 464. The van der Waals surface area contributed by atoms with Crippen LogP contribution in [0, 0.1) is 5.92 Å². The minimum absolute atomic E-state index is 0.0883. The Morgan fingerprint density at radius 1 is 1.38 bits per heavy atom. The first-order chi connectivity index (χ1) is 10.2. The summed E-state index contributed by atoms with van der Waals surface area (Å²) in [4.78, 5) is 18.7. The van der Waals surface area contributed by atoms with Crippen LogP contribution in [-0.4, -0.2) is 41.5 Å². The van der Waals surface area contributed by atoms with Gasteiger partial charge in [0.05, 0.1) is 5.92 Å². The number of hydrogen-bond donors (Lipinski definition) is 1. The normalized spacial score (nSPS) is 21.3. The highest BCUT2D eigenvalue weighted by atomic mass is 16.2. The molecule has 1 unspecified atom stereocenters. The van der Waals surface area contributed by atoms with Crippen LogP contribution >= 0.6 is 0 Å². The number of pyridine rings is 1. The van der Waals surface area contributed by atoms with E-state index in [-0.39, 0.29) is 11.8 Å². The van der Waals surface area contributed by atoms with Crippen molar-refractivity contribution in [2.24, 2.45) is 5.92 Å². The molecule has 1 aromatic rings. The second-order valence-corrected chi connectivity index (χ2v) is 6.46. The van der Waals surface area contributed by atoms with Crippen molar-refractivity contribution in [3.05, 3.63) is 30.1 Å². The number of amides is 1. The molecule has 1 aliphatic heterocycles. The first kappa shape index (κ1) is 14.5. The zero-order valence-electron chi connectivity index (χ0n) is 12.8. The summed E-state index contributed by atoms with van der Waals surface area (Å²) in [5.41, 5.74) is 1.01. The zero-order chi connectivity index (χ0) is 14.7. The molecule has 0 radical (unpaired) electrons. The lowest BCUT2D eigenvalue weighted by Crippen LogP contribution is -2.46. The van der Waals surface area contributed by atoms with Gasteiger partial charge in [-0.1, -0.05) is 6.07 Å². The van der Waals surface area contributed by atoms with Gasteiger partial charge in [-0.3, -0.25) is 9.78 Å². The van der Waals surface area contributed by atoms with Gasteiger partial charge in [-0.25, -0.2) is 0 Å². The van der Waals surface area contributed by atoms with Crippen LogP contribution in [-0.2, 0) is 4.79 Å². The van der Waals surface area contributed by atoms with Gasteiger partial charge in [0.15, 0.2) is 0 Å². The molecule has 2 heterocycles. The first-order valence-corrected chi connectivity index (χ1v) is 8.16. The first-order valence-electron chi connectivity index (χ1n) is 8.16. The minimum atomic E-state index is -0.0883. The molecule has 1 amide bonds. The monoisotopic (exact) mass is 287 g/mol. The third-order valence-corrected chi connectivity index (χ3v) is 4.75. The topological polar surface area (TPSA) is 45.2 Å². The third-order valence-electron chi connectivity index (χ3n) is 4.75. The summed E-state index contributed by atoms with van der Waals surface area (Å²) in [6, 6.07) is 4.48. The Morgan fingerprint density at radius 3 is 2.76 bits per heavy atom. The van der Waals surface area contributed by atoms with Crippen LogP contribution < -0.4 is 5.32 Å². The van der Waals surface area contributed by atoms with Gasteiger partial charge in [0.25, 0.3) is 0 Å². The van der Waals surface area contributed by atoms with Crippen molar-refractivity contribution >= 4 is 5.91 Å². The van der Waals surface area contributed by atoms with Crippen LogP contribution in [0.3, 0.4) is 0 Å². The number of carbonyl (C=O) groups is 1. The SMILES string of the molecule is CC(C(=O)N1CCC(NCC2CC2)CC1)c1cccnc1. The maximum absolute atomic E-state index is 12.6. The highest BCUT2D eigenvalue weighted by molar-refractivity contribution is 5.83. The van der Waals surface area contributed by atoms with E-state index in [0.717, 1.165) is 37.4 Å². The number of hydrogen-bond acceptors (Lipinski definition) is 3. The van der Waals surface area contributed by atoms with Crippen molar-refractivity contribution in [3.8, 4) is 0 Å². The fraction of sp³-hybridized carbons (Fsp3) is 0.647. The zero-order valence-corrected chi connectivity index (χ0v) is 12.8. The smallest absolute Gasteiger partial charge is 0.229 e. The second-order valence-electron chi connectivity index (χ2n) is 6.46. The van der Waals surface area contributed by atoms with Crippen LogP contribution in [0.2, 0.25) is 0 Å². The highest BCUT2D eigenvalue weighted by Gasteiger charge is 2.28. The number of carbonyl (C=O) groups excluding carboxylic acids is 1. The fourth-order valence-electron chi connectivity index (χ4n) is 3.01. The molecular formula is C17H25N3O. The summed E-state index contributed by atoms with van der Waals surface area (Å²) in [5, 5.41) is 3.66. The van der Waals surface area contributed by atoms with Crippen LogP contribution in [0.15, 0.2) is 24.5 Å². The number of likely N-dealkylation sites (tertiary alicyclic amines) is 1. The van der Waals surface area contributed by atoms with Crippen molar-refractivity contribution in [1.29, 1.82) is 0 Å². The van der Waals surface area contributed by atoms with Gasteiger partial charge in [0.1, 0.15) is 0 Å². The maximum Gasteiger partial charge on any atom is 0.229 e. The van der Waals surface area contributed by atoms with Crippen molar-refractivity contribution < 1.29 is 4.79 Å². The molecule has 1 aromatic heterocycles. The summed E-state index contributed by atoms with van der Waals surface area (Å²) in [5.74, 6) is 1.08. The number of rotatable bonds is 5. The van der Waals surface area contributed by atoms with Crippen LogP contribution in [0.5, 0.6) is 0 Å². The molecule has 114 valence electrons. The Labute approximate surface area is 126 Å². The van der Waals surface area contributed by atoms with Gasteiger partial charge >= 0.3 is 0 Å². The Balaban J connectivity index is 1.47. The average Bonchev–Trinajstić information content (AvgIpc) is 3.37. The van der Waals surface area contributed by atoms with Gasteiger partial charge in [-0.15, -0.1) is 0 Å². The van der Waals surface area contributed by atoms with Gasteiger partial charge < -0.3 is 10.2 Å². The van der Waals surface area contributed by atoms with Crippen molar-refractivity contribution in [2.45, 2.75) is 44.6 Å². The molecule has 0 aromatic carbocycles. The maximum atomic E-state index is 12.6. The number of piperidine rings is 1. The van der Waals surface area contributed by atoms with Crippen molar-refractivity contribution in [3.63, 3.8) is 0 Å². The second kappa shape index (κ2) is 6.56. The van der Waals surface area contributed by atoms with Crippen LogP contribution in [0.1, 0.15) is 44.1 Å². The minimum Gasteiger partial charge on any atom is -0.342 e. The summed E-state index contributed by atoms with van der Waals surface area (Å²) >= 11 is 0.